The second kappa shape index (κ2) is 36.3. The Morgan fingerprint density at radius 2 is 1.22 bits per heavy atom. The molecule has 0 amide bonds. The van der Waals surface area contributed by atoms with Crippen LogP contribution in [-0.4, -0.2) is 81.2 Å². The van der Waals surface area contributed by atoms with Crippen molar-refractivity contribution in [1.29, 1.82) is 0 Å². The number of nitrogens with zero attached hydrogens (tertiary/aromatic N) is 1. The van der Waals surface area contributed by atoms with Crippen LogP contribution < -0.4 is 4.89 Å². The fraction of sp³-hybridized carbons (Fsp3) is 0.773. The smallest absolute Gasteiger partial charge is 0.306 e. The molecule has 0 aromatic rings. The SMILES string of the molecule is CCCCCCCCCCCCCCCC(=O)OCC(COP(=O)([O-])OCC[N+](C)(C)C)OC(=O)CCC/C=C\C/C=C\C/C=C\C=C\C(O)CCCCC. The first kappa shape index (κ1) is 52.9. The molecule has 3 unspecified atom stereocenters. The molecular weight excluding hydrogens is 717 g/mol. The molecular formula is C44H80NO9P. The summed E-state index contributed by atoms with van der Waals surface area (Å²) in [5.74, 6) is -0.927. The molecule has 0 aliphatic heterocycles. The number of hydrogen-bond donors (Lipinski definition) is 1. The van der Waals surface area contributed by atoms with Gasteiger partial charge in [0.05, 0.1) is 33.9 Å². The Morgan fingerprint density at radius 1 is 0.673 bits per heavy atom. The minimum Gasteiger partial charge on any atom is -0.756 e. The van der Waals surface area contributed by atoms with Crippen molar-refractivity contribution >= 4 is 19.8 Å². The van der Waals surface area contributed by atoms with E-state index >= 15 is 0 Å². The maximum Gasteiger partial charge on any atom is 0.306 e. The summed E-state index contributed by atoms with van der Waals surface area (Å²) in [7, 11) is 1.10. The molecule has 10 nitrogen and oxygen atoms in total. The van der Waals surface area contributed by atoms with Crippen molar-refractivity contribution in [1.82, 2.24) is 0 Å². The highest BCUT2D eigenvalue weighted by molar-refractivity contribution is 7.45. The number of phosphoric acid groups is 1. The molecule has 55 heavy (non-hydrogen) atoms. The van der Waals surface area contributed by atoms with Gasteiger partial charge in [-0.05, 0) is 38.5 Å². The van der Waals surface area contributed by atoms with E-state index in [0.717, 1.165) is 57.8 Å². The fourth-order valence-corrected chi connectivity index (χ4v) is 6.25. The van der Waals surface area contributed by atoms with Gasteiger partial charge in [0.15, 0.2) is 6.10 Å². The van der Waals surface area contributed by atoms with Crippen molar-refractivity contribution in [2.45, 2.75) is 174 Å². The van der Waals surface area contributed by atoms with Gasteiger partial charge in [-0.1, -0.05) is 159 Å². The highest BCUT2D eigenvalue weighted by Crippen LogP contribution is 2.38. The lowest BCUT2D eigenvalue weighted by Crippen LogP contribution is -2.37. The zero-order chi connectivity index (χ0) is 40.9. The van der Waals surface area contributed by atoms with Gasteiger partial charge in [-0.3, -0.25) is 14.2 Å². The Bertz CT molecular complexity index is 1100. The van der Waals surface area contributed by atoms with Crippen LogP contribution in [0, 0.1) is 0 Å². The summed E-state index contributed by atoms with van der Waals surface area (Å²) in [6, 6.07) is 0. The second-order valence-electron chi connectivity index (χ2n) is 15.6. The van der Waals surface area contributed by atoms with E-state index in [4.69, 9.17) is 18.5 Å². The quantitative estimate of drug-likeness (QED) is 0.0162. The van der Waals surface area contributed by atoms with Crippen LogP contribution in [0.4, 0.5) is 0 Å². The zero-order valence-electron chi connectivity index (χ0n) is 35.5. The molecule has 0 aromatic carbocycles. The number of likely N-dealkylation sites (N-methyl/N-ethyl adjacent to an activating group) is 1. The van der Waals surface area contributed by atoms with E-state index in [1.165, 1.54) is 64.2 Å². The summed E-state index contributed by atoms with van der Waals surface area (Å²) < 4.78 is 33.7. The number of esters is 2. The molecule has 1 N–H and O–H groups in total. The number of rotatable bonds is 38. The molecule has 0 rings (SSSR count). The summed E-state index contributed by atoms with van der Waals surface area (Å²) in [4.78, 5) is 37.4. The highest BCUT2D eigenvalue weighted by atomic mass is 31.2. The third kappa shape index (κ3) is 39.9. The lowest BCUT2D eigenvalue weighted by Gasteiger charge is -2.28. The van der Waals surface area contributed by atoms with Gasteiger partial charge in [0.1, 0.15) is 19.8 Å². The van der Waals surface area contributed by atoms with Crippen LogP contribution in [0.15, 0.2) is 48.6 Å². The van der Waals surface area contributed by atoms with Gasteiger partial charge < -0.3 is 33.0 Å². The monoisotopic (exact) mass is 798 g/mol. The van der Waals surface area contributed by atoms with E-state index < -0.39 is 32.5 Å². The number of phosphoric ester groups is 1. The van der Waals surface area contributed by atoms with Crippen LogP contribution in [-0.2, 0) is 32.7 Å². The Hall–Kier alpha value is -2.07. The van der Waals surface area contributed by atoms with Gasteiger partial charge in [-0.15, -0.1) is 0 Å². The van der Waals surface area contributed by atoms with Gasteiger partial charge in [0.25, 0.3) is 7.82 Å². The standard InChI is InChI=1S/C44H80NO9P/c1-6-8-10-11-12-13-14-15-18-21-24-27-31-35-43(47)51-39-42(40-53-55(49,50)52-38-37-45(3,4)5)54-44(48)36-32-28-25-22-19-16-17-20-23-26-30-34-41(46)33-29-9-7-2/h16-17,22-23,25-26,30,34,41-42,46H,6-15,18-21,24,27-29,31-33,35-40H2,1-5H3/b17-16-,25-22-,26-23-,34-30+. The zero-order valence-corrected chi connectivity index (χ0v) is 36.4. The number of aliphatic hydroxyl groups is 1. The molecule has 0 aromatic heterocycles. The number of carbonyl (C=O) groups is 2. The van der Waals surface area contributed by atoms with Crippen LogP contribution in [0.3, 0.4) is 0 Å². The third-order valence-corrected chi connectivity index (χ3v) is 9.92. The number of hydrogen-bond acceptors (Lipinski definition) is 9. The molecule has 0 fully saturated rings. The van der Waals surface area contributed by atoms with Gasteiger partial charge >= 0.3 is 11.9 Å². The van der Waals surface area contributed by atoms with Crippen LogP contribution in [0.25, 0.3) is 0 Å². The van der Waals surface area contributed by atoms with Crippen molar-refractivity contribution in [3.05, 3.63) is 48.6 Å². The molecule has 0 spiro atoms. The number of allylic oxidation sites excluding steroid dienone is 7. The summed E-state index contributed by atoms with van der Waals surface area (Å²) in [6.45, 7) is 4.01. The summed E-state index contributed by atoms with van der Waals surface area (Å²) in [6.07, 6.45) is 37.5. The number of aliphatic hydroxyl groups excluding tert-OH is 1. The molecule has 0 aliphatic rings. The van der Waals surface area contributed by atoms with Crippen LogP contribution in [0.1, 0.15) is 162 Å². The average molecular weight is 798 g/mol. The van der Waals surface area contributed by atoms with E-state index in [0.29, 0.717) is 23.9 Å². The molecule has 11 heteroatoms. The van der Waals surface area contributed by atoms with E-state index in [1.54, 1.807) is 0 Å². The maximum absolute atomic E-state index is 12.6. The Labute approximate surface area is 336 Å². The van der Waals surface area contributed by atoms with Crippen molar-refractivity contribution in [2.24, 2.45) is 0 Å². The normalized spacial score (nSPS) is 14.7. The van der Waals surface area contributed by atoms with Crippen LogP contribution in [0.2, 0.25) is 0 Å². The lowest BCUT2D eigenvalue weighted by atomic mass is 10.0. The molecule has 0 saturated carbocycles. The van der Waals surface area contributed by atoms with Crippen molar-refractivity contribution in [3.63, 3.8) is 0 Å². The minimum atomic E-state index is -4.65. The molecule has 3 atom stereocenters. The number of unbranched alkanes of at least 4 members (excludes halogenated alkanes) is 15. The largest absolute Gasteiger partial charge is 0.756 e. The topological polar surface area (TPSA) is 131 Å². The van der Waals surface area contributed by atoms with E-state index in [-0.39, 0.29) is 32.2 Å². The summed E-state index contributed by atoms with van der Waals surface area (Å²) >= 11 is 0. The second-order valence-corrected chi connectivity index (χ2v) is 17.0. The van der Waals surface area contributed by atoms with Gasteiger partial charge in [-0.25, -0.2) is 0 Å². The molecule has 0 radical (unpaired) electrons. The Morgan fingerprint density at radius 3 is 1.84 bits per heavy atom. The van der Waals surface area contributed by atoms with Crippen molar-refractivity contribution in [3.8, 4) is 0 Å². The van der Waals surface area contributed by atoms with Gasteiger partial charge in [-0.2, -0.15) is 0 Å². The minimum absolute atomic E-state index is 0.0497. The molecule has 0 saturated heterocycles. The third-order valence-electron chi connectivity index (χ3n) is 8.96. The first-order valence-corrected chi connectivity index (χ1v) is 22.9. The first-order valence-electron chi connectivity index (χ1n) is 21.5. The Balaban J connectivity index is 4.52. The molecule has 0 heterocycles. The molecule has 320 valence electrons. The fourth-order valence-electron chi connectivity index (χ4n) is 5.52. The van der Waals surface area contributed by atoms with Crippen molar-refractivity contribution < 1.29 is 47.2 Å². The van der Waals surface area contributed by atoms with E-state index in [9.17, 15) is 24.2 Å². The van der Waals surface area contributed by atoms with Crippen LogP contribution >= 0.6 is 7.82 Å². The average Bonchev–Trinajstić information content (AvgIpc) is 3.12. The first-order chi connectivity index (χ1) is 26.4. The predicted molar refractivity (Wildman–Crippen MR) is 223 cm³/mol. The molecule has 0 bridgehead atoms. The Kier molecular flexibility index (Phi) is 34.9. The number of carbonyl (C=O) groups excluding carboxylic acids is 2. The van der Waals surface area contributed by atoms with Crippen molar-refractivity contribution in [2.75, 3.05) is 47.5 Å². The summed E-state index contributed by atoms with van der Waals surface area (Å²) in [5, 5.41) is 9.90. The van der Waals surface area contributed by atoms with Crippen LogP contribution in [0.5, 0.6) is 0 Å². The predicted octanol–water partition coefficient (Wildman–Crippen LogP) is 10.2. The highest BCUT2D eigenvalue weighted by Gasteiger charge is 2.21. The number of quaternary nitrogens is 1. The van der Waals surface area contributed by atoms with Gasteiger partial charge in [0, 0.05) is 12.8 Å². The number of ether oxygens (including phenoxy) is 2. The van der Waals surface area contributed by atoms with E-state index in [1.807, 2.05) is 57.6 Å². The maximum atomic E-state index is 12.6. The molecule has 0 aliphatic carbocycles. The van der Waals surface area contributed by atoms with Gasteiger partial charge in [0.2, 0.25) is 0 Å². The lowest BCUT2D eigenvalue weighted by molar-refractivity contribution is -0.870. The van der Waals surface area contributed by atoms with E-state index in [2.05, 4.69) is 26.0 Å². The summed E-state index contributed by atoms with van der Waals surface area (Å²) in [5.41, 5.74) is 0.